The maximum Gasteiger partial charge on any atom is 0.271 e. The Labute approximate surface area is 173 Å². The maximum absolute atomic E-state index is 13.2. The highest BCUT2D eigenvalue weighted by atomic mass is 35.5. The molecule has 2 atom stereocenters. The molecule has 0 radical (unpaired) electrons. The van der Waals surface area contributed by atoms with Crippen molar-refractivity contribution in [2.24, 2.45) is 0 Å². The molecule has 144 valence electrons. The topological polar surface area (TPSA) is 41.4 Å². The van der Waals surface area contributed by atoms with Gasteiger partial charge in [-0.3, -0.25) is 9.69 Å². The molecule has 7 heteroatoms. The number of hydrogen-bond donors (Lipinski definition) is 0. The van der Waals surface area contributed by atoms with E-state index in [0.29, 0.717) is 6.54 Å². The SMILES string of the molecule is Cc1nc(CN2C(=O)c3cccn3C3CN(Cc4ccc(Cl)cc4)CC32)cs1. The van der Waals surface area contributed by atoms with E-state index in [2.05, 4.69) is 32.0 Å². The summed E-state index contributed by atoms with van der Waals surface area (Å²) in [5.41, 5.74) is 3.00. The predicted molar refractivity (Wildman–Crippen MR) is 111 cm³/mol. The van der Waals surface area contributed by atoms with Gasteiger partial charge in [0.25, 0.3) is 5.91 Å². The van der Waals surface area contributed by atoms with Gasteiger partial charge in [-0.25, -0.2) is 4.98 Å². The van der Waals surface area contributed by atoms with E-state index in [1.165, 1.54) is 5.56 Å². The highest BCUT2D eigenvalue weighted by Gasteiger charge is 2.44. The summed E-state index contributed by atoms with van der Waals surface area (Å²) in [6.07, 6.45) is 2.04. The van der Waals surface area contributed by atoms with Crippen LogP contribution in [-0.2, 0) is 13.1 Å². The van der Waals surface area contributed by atoms with Crippen molar-refractivity contribution in [3.63, 3.8) is 0 Å². The maximum atomic E-state index is 13.2. The molecular weight excluding hydrogens is 392 g/mol. The van der Waals surface area contributed by atoms with E-state index in [-0.39, 0.29) is 18.0 Å². The summed E-state index contributed by atoms with van der Waals surface area (Å²) >= 11 is 7.65. The Bertz CT molecular complexity index is 1010. The lowest BCUT2D eigenvalue weighted by Gasteiger charge is -2.38. The first-order valence-electron chi connectivity index (χ1n) is 9.44. The van der Waals surface area contributed by atoms with Crippen molar-refractivity contribution in [1.29, 1.82) is 0 Å². The molecule has 0 aliphatic carbocycles. The predicted octanol–water partition coefficient (Wildman–Crippen LogP) is 3.99. The quantitative estimate of drug-likeness (QED) is 0.650. The Morgan fingerprint density at radius 1 is 1.14 bits per heavy atom. The number of benzene rings is 1. The zero-order valence-corrected chi connectivity index (χ0v) is 17.2. The number of likely N-dealkylation sites (tertiary alicyclic amines) is 1. The van der Waals surface area contributed by atoms with Gasteiger partial charge in [0.1, 0.15) is 5.69 Å². The Morgan fingerprint density at radius 2 is 1.93 bits per heavy atom. The molecule has 2 aliphatic rings. The largest absolute Gasteiger partial charge is 0.337 e. The number of fused-ring (bicyclic) bond motifs is 3. The van der Waals surface area contributed by atoms with Gasteiger partial charge >= 0.3 is 0 Å². The third-order valence-electron chi connectivity index (χ3n) is 5.67. The van der Waals surface area contributed by atoms with Crippen molar-refractivity contribution in [3.8, 4) is 0 Å². The molecule has 1 amide bonds. The number of nitrogens with zero attached hydrogens (tertiary/aromatic N) is 4. The van der Waals surface area contributed by atoms with Gasteiger partial charge in [-0.05, 0) is 36.8 Å². The van der Waals surface area contributed by atoms with Crippen molar-refractivity contribution in [2.45, 2.75) is 32.1 Å². The van der Waals surface area contributed by atoms with Crippen LogP contribution in [0.3, 0.4) is 0 Å². The molecule has 2 aromatic heterocycles. The van der Waals surface area contributed by atoms with Crippen LogP contribution in [0.1, 0.15) is 32.8 Å². The first-order chi connectivity index (χ1) is 13.6. The molecule has 1 saturated heterocycles. The van der Waals surface area contributed by atoms with Crippen molar-refractivity contribution in [3.05, 3.63) is 75.0 Å². The lowest BCUT2D eigenvalue weighted by molar-refractivity contribution is 0.0553. The molecule has 2 unspecified atom stereocenters. The Morgan fingerprint density at radius 3 is 2.68 bits per heavy atom. The fourth-order valence-electron chi connectivity index (χ4n) is 4.41. The molecule has 5 nitrogen and oxygen atoms in total. The molecule has 0 saturated carbocycles. The summed E-state index contributed by atoms with van der Waals surface area (Å²) in [4.78, 5) is 22.2. The minimum atomic E-state index is 0.102. The molecule has 1 fully saturated rings. The molecule has 3 aromatic rings. The van der Waals surface area contributed by atoms with Gasteiger partial charge in [0, 0.05) is 36.2 Å². The summed E-state index contributed by atoms with van der Waals surface area (Å²) in [5, 5.41) is 3.85. The molecule has 5 rings (SSSR count). The van der Waals surface area contributed by atoms with Gasteiger partial charge in [0.2, 0.25) is 0 Å². The van der Waals surface area contributed by atoms with E-state index in [0.717, 1.165) is 41.1 Å². The van der Waals surface area contributed by atoms with Gasteiger partial charge in [-0.1, -0.05) is 23.7 Å². The lowest BCUT2D eigenvalue weighted by atomic mass is 10.1. The number of carbonyl (C=O) groups excluding carboxylic acids is 1. The first-order valence-corrected chi connectivity index (χ1v) is 10.7. The van der Waals surface area contributed by atoms with Gasteiger partial charge < -0.3 is 9.47 Å². The van der Waals surface area contributed by atoms with Crippen LogP contribution in [0.4, 0.5) is 0 Å². The summed E-state index contributed by atoms with van der Waals surface area (Å²) < 4.78 is 2.16. The Hall–Kier alpha value is -2.15. The number of aryl methyl sites for hydroxylation is 1. The highest BCUT2D eigenvalue weighted by molar-refractivity contribution is 7.09. The minimum absolute atomic E-state index is 0.102. The summed E-state index contributed by atoms with van der Waals surface area (Å²) in [7, 11) is 0. The van der Waals surface area contributed by atoms with Crippen LogP contribution in [0, 0.1) is 6.92 Å². The van der Waals surface area contributed by atoms with Crippen molar-refractivity contribution in [1.82, 2.24) is 19.4 Å². The molecule has 0 spiro atoms. The molecular formula is C21H21ClN4OS. The Balaban J connectivity index is 1.42. The first kappa shape index (κ1) is 17.9. The van der Waals surface area contributed by atoms with Crippen LogP contribution in [0.2, 0.25) is 5.02 Å². The van der Waals surface area contributed by atoms with E-state index in [4.69, 9.17) is 11.6 Å². The summed E-state index contributed by atoms with van der Waals surface area (Å²) in [6, 6.07) is 12.4. The lowest BCUT2D eigenvalue weighted by Crippen LogP contribution is -2.49. The molecule has 28 heavy (non-hydrogen) atoms. The standard InChI is InChI=1S/C21H21ClN4OS/c1-14-23-17(13-28-14)10-26-20-12-24(9-15-4-6-16(22)7-5-15)11-19(20)25-8-2-3-18(25)21(26)27/h2-8,13,19-20H,9-12H2,1H3. The zero-order chi connectivity index (χ0) is 19.3. The summed E-state index contributed by atoms with van der Waals surface area (Å²) in [5.74, 6) is 0.102. The number of carbonyl (C=O) groups is 1. The van der Waals surface area contributed by atoms with Crippen molar-refractivity contribution < 1.29 is 4.79 Å². The van der Waals surface area contributed by atoms with Crippen LogP contribution < -0.4 is 0 Å². The van der Waals surface area contributed by atoms with Gasteiger partial charge in [0.15, 0.2) is 0 Å². The fraction of sp³-hybridized carbons (Fsp3) is 0.333. The zero-order valence-electron chi connectivity index (χ0n) is 15.6. The van der Waals surface area contributed by atoms with E-state index >= 15 is 0 Å². The van der Waals surface area contributed by atoms with E-state index in [1.54, 1.807) is 11.3 Å². The van der Waals surface area contributed by atoms with E-state index < -0.39 is 0 Å². The van der Waals surface area contributed by atoms with E-state index in [1.807, 2.05) is 42.3 Å². The van der Waals surface area contributed by atoms with Crippen molar-refractivity contribution in [2.75, 3.05) is 13.1 Å². The minimum Gasteiger partial charge on any atom is -0.337 e. The van der Waals surface area contributed by atoms with Crippen LogP contribution >= 0.6 is 22.9 Å². The van der Waals surface area contributed by atoms with Crippen LogP contribution in [0.5, 0.6) is 0 Å². The number of aromatic nitrogens is 2. The normalized spacial score (nSPS) is 21.8. The average molecular weight is 413 g/mol. The fourth-order valence-corrected chi connectivity index (χ4v) is 5.14. The van der Waals surface area contributed by atoms with Crippen LogP contribution in [0.15, 0.2) is 48.0 Å². The van der Waals surface area contributed by atoms with Crippen LogP contribution in [0.25, 0.3) is 0 Å². The van der Waals surface area contributed by atoms with Crippen LogP contribution in [-0.4, -0.2) is 44.4 Å². The smallest absolute Gasteiger partial charge is 0.271 e. The van der Waals surface area contributed by atoms with E-state index in [9.17, 15) is 4.79 Å². The van der Waals surface area contributed by atoms with Gasteiger partial charge in [-0.15, -0.1) is 11.3 Å². The average Bonchev–Trinajstić information content (AvgIpc) is 3.40. The van der Waals surface area contributed by atoms with Crippen molar-refractivity contribution >= 4 is 28.8 Å². The van der Waals surface area contributed by atoms with Gasteiger partial charge in [0.05, 0.1) is 29.3 Å². The monoisotopic (exact) mass is 412 g/mol. The molecule has 1 aromatic carbocycles. The third kappa shape index (κ3) is 3.15. The summed E-state index contributed by atoms with van der Waals surface area (Å²) in [6.45, 7) is 5.22. The number of hydrogen-bond acceptors (Lipinski definition) is 4. The second-order valence-electron chi connectivity index (χ2n) is 7.55. The van der Waals surface area contributed by atoms with Gasteiger partial charge in [-0.2, -0.15) is 0 Å². The Kier molecular flexibility index (Phi) is 4.50. The molecule has 2 aliphatic heterocycles. The molecule has 0 bridgehead atoms. The third-order valence-corrected chi connectivity index (χ3v) is 6.74. The second kappa shape index (κ2) is 7.03. The molecule has 0 N–H and O–H groups in total. The highest BCUT2D eigenvalue weighted by Crippen LogP contribution is 2.35. The second-order valence-corrected chi connectivity index (χ2v) is 9.05. The number of halogens is 1. The number of thiazole rings is 1. The number of rotatable bonds is 4. The molecule has 4 heterocycles. The number of amides is 1.